The van der Waals surface area contributed by atoms with Crippen LogP contribution in [0, 0.1) is 0 Å². The molecule has 1 aliphatic carbocycles. The highest BCUT2D eigenvalue weighted by atomic mass is 32.2. The number of ether oxygens (including phenoxy) is 1. The maximum absolute atomic E-state index is 13.1. The van der Waals surface area contributed by atoms with Crippen LogP contribution in [0.2, 0.25) is 0 Å². The van der Waals surface area contributed by atoms with Gasteiger partial charge in [-0.1, -0.05) is 54.3 Å². The number of nitrogens with zero attached hydrogens (tertiary/aromatic N) is 1. The number of hydrogen-bond donors (Lipinski definition) is 1. The number of amides is 2. The van der Waals surface area contributed by atoms with Crippen LogP contribution < -0.4 is 5.32 Å². The average molecular weight is 553 g/mol. The summed E-state index contributed by atoms with van der Waals surface area (Å²) in [6.07, 6.45) is 5.34. The van der Waals surface area contributed by atoms with Gasteiger partial charge in [0.2, 0.25) is 5.91 Å². The number of aryl methyl sites for hydroxylation is 1. The van der Waals surface area contributed by atoms with Crippen molar-refractivity contribution in [1.29, 1.82) is 0 Å². The van der Waals surface area contributed by atoms with E-state index >= 15 is 0 Å². The van der Waals surface area contributed by atoms with Crippen molar-refractivity contribution in [2.45, 2.75) is 32.6 Å². The van der Waals surface area contributed by atoms with Gasteiger partial charge >= 0.3 is 5.97 Å². The molecule has 0 unspecified atom stereocenters. The van der Waals surface area contributed by atoms with E-state index in [1.807, 2.05) is 36.4 Å². The van der Waals surface area contributed by atoms with Crippen molar-refractivity contribution in [2.75, 3.05) is 18.5 Å². The van der Waals surface area contributed by atoms with Crippen LogP contribution in [0.1, 0.15) is 46.3 Å². The summed E-state index contributed by atoms with van der Waals surface area (Å²) >= 11 is 7.93. The van der Waals surface area contributed by atoms with Gasteiger partial charge in [-0.25, -0.2) is 4.79 Å². The number of rotatable bonds is 7. The average Bonchev–Trinajstić information content (AvgIpc) is 3.57. The standard InChI is InChI=1S/C27H24N2O5S3/c1-2-33-26(32)23-18-10-6-7-11-20(18)36-24(23)28-22(30)15-29-25(31)21(37-27(29)35)14-17-12-13-19(34-17)16-8-4-3-5-9-16/h3-5,8-9,12-14H,2,6-7,10-11,15H2,1H3,(H,28,30)/b21-14-. The van der Waals surface area contributed by atoms with E-state index in [1.165, 1.54) is 16.2 Å². The minimum absolute atomic E-state index is 0.250. The Labute approximate surface area is 227 Å². The molecule has 1 aliphatic heterocycles. The first kappa shape index (κ1) is 25.4. The number of benzene rings is 1. The molecule has 3 heterocycles. The van der Waals surface area contributed by atoms with Gasteiger partial charge in [0.25, 0.3) is 5.91 Å². The number of furan rings is 1. The van der Waals surface area contributed by atoms with Crippen molar-refractivity contribution in [3.63, 3.8) is 0 Å². The highest BCUT2D eigenvalue weighted by Crippen LogP contribution is 2.39. The van der Waals surface area contributed by atoms with Gasteiger partial charge < -0.3 is 14.5 Å². The predicted molar refractivity (Wildman–Crippen MR) is 150 cm³/mol. The Kier molecular flexibility index (Phi) is 7.59. The Hall–Kier alpha value is -3.21. The summed E-state index contributed by atoms with van der Waals surface area (Å²) in [5.41, 5.74) is 2.34. The Morgan fingerprint density at radius 1 is 1.16 bits per heavy atom. The van der Waals surface area contributed by atoms with E-state index in [2.05, 4.69) is 5.32 Å². The molecular formula is C27H24N2O5S3. The molecule has 3 aromatic rings. The highest BCUT2D eigenvalue weighted by Gasteiger charge is 2.34. The van der Waals surface area contributed by atoms with E-state index in [4.69, 9.17) is 21.4 Å². The molecule has 5 rings (SSSR count). The van der Waals surface area contributed by atoms with Crippen molar-refractivity contribution in [3.8, 4) is 11.3 Å². The molecular weight excluding hydrogens is 529 g/mol. The molecule has 190 valence electrons. The molecule has 0 bridgehead atoms. The van der Waals surface area contributed by atoms with Crippen LogP contribution in [0.15, 0.2) is 51.8 Å². The molecule has 2 aromatic heterocycles. The lowest BCUT2D eigenvalue weighted by Gasteiger charge is -2.14. The maximum Gasteiger partial charge on any atom is 0.341 e. The Bertz CT molecular complexity index is 1410. The second-order valence-electron chi connectivity index (χ2n) is 8.52. The fourth-order valence-electron chi connectivity index (χ4n) is 4.34. The molecule has 0 atom stereocenters. The zero-order valence-electron chi connectivity index (χ0n) is 20.1. The smallest absolute Gasteiger partial charge is 0.341 e. The minimum atomic E-state index is -0.431. The van der Waals surface area contributed by atoms with Gasteiger partial charge in [-0.05, 0) is 50.3 Å². The van der Waals surface area contributed by atoms with Gasteiger partial charge in [-0.15, -0.1) is 11.3 Å². The maximum atomic E-state index is 13.1. The number of fused-ring (bicyclic) bond motifs is 1. The summed E-state index contributed by atoms with van der Waals surface area (Å²) in [5, 5.41) is 3.31. The van der Waals surface area contributed by atoms with Crippen LogP contribution in [-0.2, 0) is 27.2 Å². The number of anilines is 1. The molecule has 0 radical (unpaired) electrons. The van der Waals surface area contributed by atoms with Crippen LogP contribution in [0.25, 0.3) is 17.4 Å². The molecule has 0 saturated carbocycles. The third-order valence-corrected chi connectivity index (χ3v) is 8.62. The zero-order chi connectivity index (χ0) is 25.9. The van der Waals surface area contributed by atoms with Gasteiger partial charge in [0.05, 0.1) is 17.1 Å². The molecule has 10 heteroatoms. The third kappa shape index (κ3) is 5.41. The first-order chi connectivity index (χ1) is 17.9. The SMILES string of the molecule is CCOC(=O)c1c(NC(=O)CN2C(=O)/C(=C/c3ccc(-c4ccccc4)o3)SC2=S)sc2c1CCCC2. The zero-order valence-corrected chi connectivity index (χ0v) is 22.5. The Morgan fingerprint density at radius 2 is 1.95 bits per heavy atom. The van der Waals surface area contributed by atoms with Gasteiger partial charge in [-0.2, -0.15) is 0 Å². The van der Waals surface area contributed by atoms with Crippen LogP contribution in [0.4, 0.5) is 5.00 Å². The molecule has 1 aromatic carbocycles. The lowest BCUT2D eigenvalue weighted by molar-refractivity contribution is -0.126. The molecule has 7 nitrogen and oxygen atoms in total. The topological polar surface area (TPSA) is 88.9 Å². The van der Waals surface area contributed by atoms with Crippen molar-refractivity contribution in [2.24, 2.45) is 0 Å². The number of hydrogen-bond acceptors (Lipinski definition) is 8. The molecule has 0 spiro atoms. The quantitative estimate of drug-likeness (QED) is 0.222. The second-order valence-corrected chi connectivity index (χ2v) is 11.3. The van der Waals surface area contributed by atoms with Crippen LogP contribution in [0.3, 0.4) is 0 Å². The largest absolute Gasteiger partial charge is 0.462 e. The monoisotopic (exact) mass is 552 g/mol. The molecule has 1 N–H and O–H groups in total. The van der Waals surface area contributed by atoms with Gasteiger partial charge in [-0.3, -0.25) is 14.5 Å². The number of thiophene rings is 1. The summed E-state index contributed by atoms with van der Waals surface area (Å²) in [6, 6.07) is 13.3. The number of esters is 1. The first-order valence-electron chi connectivity index (χ1n) is 12.0. The van der Waals surface area contributed by atoms with E-state index in [1.54, 1.807) is 19.1 Å². The van der Waals surface area contributed by atoms with E-state index in [0.717, 1.165) is 53.4 Å². The minimum Gasteiger partial charge on any atom is -0.462 e. The number of thioether (sulfide) groups is 1. The molecule has 2 amide bonds. The van der Waals surface area contributed by atoms with E-state index in [-0.39, 0.29) is 23.4 Å². The van der Waals surface area contributed by atoms with E-state index in [0.29, 0.717) is 27.0 Å². The summed E-state index contributed by atoms with van der Waals surface area (Å²) in [7, 11) is 0. The number of thiocarbonyl (C=S) groups is 1. The molecule has 1 saturated heterocycles. The first-order valence-corrected chi connectivity index (χ1v) is 14.0. The Morgan fingerprint density at radius 3 is 2.73 bits per heavy atom. The lowest BCUT2D eigenvalue weighted by atomic mass is 9.95. The van der Waals surface area contributed by atoms with Gasteiger partial charge in [0.15, 0.2) is 0 Å². The van der Waals surface area contributed by atoms with Crippen molar-refractivity contribution < 1.29 is 23.5 Å². The predicted octanol–water partition coefficient (Wildman–Crippen LogP) is 5.90. The Balaban J connectivity index is 1.29. The van der Waals surface area contributed by atoms with Crippen molar-refractivity contribution in [1.82, 2.24) is 4.90 Å². The highest BCUT2D eigenvalue weighted by molar-refractivity contribution is 8.26. The summed E-state index contributed by atoms with van der Waals surface area (Å²) in [5.74, 6) is -0.00571. The molecule has 37 heavy (non-hydrogen) atoms. The van der Waals surface area contributed by atoms with Gasteiger partial charge in [0, 0.05) is 16.5 Å². The lowest BCUT2D eigenvalue weighted by Crippen LogP contribution is -2.36. The third-order valence-electron chi connectivity index (χ3n) is 6.04. The van der Waals surface area contributed by atoms with Crippen molar-refractivity contribution >= 4 is 68.5 Å². The summed E-state index contributed by atoms with van der Waals surface area (Å²) in [6.45, 7) is 1.76. The van der Waals surface area contributed by atoms with Crippen molar-refractivity contribution in [3.05, 3.63) is 69.1 Å². The van der Waals surface area contributed by atoms with Gasteiger partial charge in [0.1, 0.15) is 27.4 Å². The number of nitrogens with one attached hydrogen (secondary N) is 1. The molecule has 1 fully saturated rings. The van der Waals surface area contributed by atoms with E-state index < -0.39 is 11.9 Å². The fraction of sp³-hybridized carbons (Fsp3) is 0.259. The molecule has 2 aliphatic rings. The van der Waals surface area contributed by atoms with E-state index in [9.17, 15) is 14.4 Å². The number of carbonyl (C=O) groups excluding carboxylic acids is 3. The summed E-state index contributed by atoms with van der Waals surface area (Å²) in [4.78, 5) is 41.4. The van der Waals surface area contributed by atoms with Crippen LogP contribution in [0.5, 0.6) is 0 Å². The van der Waals surface area contributed by atoms with Crippen LogP contribution in [-0.4, -0.2) is 40.2 Å². The summed E-state index contributed by atoms with van der Waals surface area (Å²) < 4.78 is 11.4. The second kappa shape index (κ2) is 11.0. The fourth-order valence-corrected chi connectivity index (χ4v) is 6.87. The van der Waals surface area contributed by atoms with Crippen LogP contribution >= 0.6 is 35.3 Å². The normalized spacial score (nSPS) is 16.2. The number of carbonyl (C=O) groups is 3.